The highest BCUT2D eigenvalue weighted by Crippen LogP contribution is 2.26. The Kier molecular flexibility index (Phi) is 4.89. The highest BCUT2D eigenvalue weighted by atomic mass is 16.5. The number of nitriles is 1. The second-order valence-corrected chi connectivity index (χ2v) is 4.81. The van der Waals surface area contributed by atoms with Crippen LogP contribution in [0, 0.1) is 25.2 Å². The lowest BCUT2D eigenvalue weighted by Gasteiger charge is -2.13. The van der Waals surface area contributed by atoms with Crippen molar-refractivity contribution >= 4 is 0 Å². The minimum atomic E-state index is 0.494. The number of rotatable bonds is 6. The monoisotopic (exact) mass is 284 g/mol. The molecule has 0 aliphatic carbocycles. The smallest absolute Gasteiger partial charge is 0.161 e. The molecule has 1 aromatic carbocycles. The zero-order valence-electron chi connectivity index (χ0n) is 12.7. The van der Waals surface area contributed by atoms with Crippen molar-refractivity contribution in [1.82, 2.24) is 4.57 Å². The van der Waals surface area contributed by atoms with Gasteiger partial charge in [0.05, 0.1) is 13.2 Å². The molecular weight excluding hydrogens is 264 g/mol. The SMILES string of the molecule is CCOc1ccccc1OCCn1c(C)cc(C)c1C#N. The maximum atomic E-state index is 9.21. The Bertz CT molecular complexity index is 653. The lowest BCUT2D eigenvalue weighted by atomic mass is 10.3. The van der Waals surface area contributed by atoms with Gasteiger partial charge in [-0.3, -0.25) is 0 Å². The van der Waals surface area contributed by atoms with Gasteiger partial charge in [0.15, 0.2) is 11.5 Å². The summed E-state index contributed by atoms with van der Waals surface area (Å²) in [7, 11) is 0. The number of aryl methyl sites for hydroxylation is 2. The van der Waals surface area contributed by atoms with E-state index in [1.807, 2.05) is 55.7 Å². The van der Waals surface area contributed by atoms with E-state index in [2.05, 4.69) is 6.07 Å². The van der Waals surface area contributed by atoms with Gasteiger partial charge in [0.25, 0.3) is 0 Å². The Morgan fingerprint density at radius 1 is 1.14 bits per heavy atom. The molecule has 0 radical (unpaired) electrons. The molecule has 0 saturated heterocycles. The molecule has 110 valence electrons. The van der Waals surface area contributed by atoms with Crippen molar-refractivity contribution in [2.45, 2.75) is 27.3 Å². The van der Waals surface area contributed by atoms with Crippen LogP contribution in [0.4, 0.5) is 0 Å². The van der Waals surface area contributed by atoms with E-state index < -0.39 is 0 Å². The van der Waals surface area contributed by atoms with Crippen LogP contribution in [-0.2, 0) is 6.54 Å². The highest BCUT2D eigenvalue weighted by Gasteiger charge is 2.09. The van der Waals surface area contributed by atoms with Crippen molar-refractivity contribution in [1.29, 1.82) is 5.26 Å². The van der Waals surface area contributed by atoms with Gasteiger partial charge in [0, 0.05) is 5.69 Å². The molecule has 0 unspecified atom stereocenters. The molecule has 0 atom stereocenters. The van der Waals surface area contributed by atoms with Crippen LogP contribution < -0.4 is 9.47 Å². The quantitative estimate of drug-likeness (QED) is 0.816. The standard InChI is InChI=1S/C17H20N2O2/c1-4-20-16-7-5-6-8-17(16)21-10-9-19-14(3)11-13(2)15(19)12-18/h5-8,11H,4,9-10H2,1-3H3. The minimum absolute atomic E-state index is 0.494. The van der Waals surface area contributed by atoms with Gasteiger partial charge in [-0.1, -0.05) is 12.1 Å². The van der Waals surface area contributed by atoms with Crippen molar-refractivity contribution in [2.75, 3.05) is 13.2 Å². The van der Waals surface area contributed by atoms with Crippen molar-refractivity contribution in [3.8, 4) is 17.6 Å². The van der Waals surface area contributed by atoms with Gasteiger partial charge < -0.3 is 14.0 Å². The lowest BCUT2D eigenvalue weighted by molar-refractivity contribution is 0.265. The number of ether oxygens (including phenoxy) is 2. The van der Waals surface area contributed by atoms with E-state index in [0.717, 1.165) is 22.8 Å². The van der Waals surface area contributed by atoms with E-state index in [0.29, 0.717) is 25.5 Å². The zero-order valence-corrected chi connectivity index (χ0v) is 12.7. The van der Waals surface area contributed by atoms with Gasteiger partial charge in [-0.2, -0.15) is 5.26 Å². The first-order valence-corrected chi connectivity index (χ1v) is 7.08. The molecule has 0 aliphatic heterocycles. The van der Waals surface area contributed by atoms with Crippen LogP contribution in [0.3, 0.4) is 0 Å². The maximum Gasteiger partial charge on any atom is 0.161 e. The second-order valence-electron chi connectivity index (χ2n) is 4.81. The van der Waals surface area contributed by atoms with Crippen LogP contribution in [-0.4, -0.2) is 17.8 Å². The average molecular weight is 284 g/mol. The largest absolute Gasteiger partial charge is 0.490 e. The molecule has 0 amide bonds. The normalized spacial score (nSPS) is 10.2. The van der Waals surface area contributed by atoms with Crippen LogP contribution in [0.1, 0.15) is 23.9 Å². The Hall–Kier alpha value is -2.41. The van der Waals surface area contributed by atoms with Crippen molar-refractivity contribution in [3.05, 3.63) is 47.3 Å². The fourth-order valence-corrected chi connectivity index (χ4v) is 2.38. The molecule has 0 saturated carbocycles. The fourth-order valence-electron chi connectivity index (χ4n) is 2.38. The van der Waals surface area contributed by atoms with Crippen LogP contribution in [0.5, 0.6) is 11.5 Å². The molecule has 4 nitrogen and oxygen atoms in total. The van der Waals surface area contributed by atoms with Crippen LogP contribution in [0.2, 0.25) is 0 Å². The first-order chi connectivity index (χ1) is 10.2. The maximum absolute atomic E-state index is 9.21. The summed E-state index contributed by atoms with van der Waals surface area (Å²) in [6.07, 6.45) is 0. The summed E-state index contributed by atoms with van der Waals surface area (Å²) in [6.45, 7) is 7.64. The topological polar surface area (TPSA) is 47.2 Å². The molecule has 0 bridgehead atoms. The fraction of sp³-hybridized carbons (Fsp3) is 0.353. The molecule has 21 heavy (non-hydrogen) atoms. The molecule has 1 aromatic heterocycles. The number of hydrogen-bond acceptors (Lipinski definition) is 3. The molecule has 0 fully saturated rings. The van der Waals surface area contributed by atoms with E-state index in [-0.39, 0.29) is 0 Å². The molecule has 0 spiro atoms. The van der Waals surface area contributed by atoms with Crippen molar-refractivity contribution in [2.24, 2.45) is 0 Å². The molecule has 1 heterocycles. The predicted molar refractivity (Wildman–Crippen MR) is 81.7 cm³/mol. The first-order valence-electron chi connectivity index (χ1n) is 7.08. The third kappa shape index (κ3) is 3.38. The third-order valence-corrected chi connectivity index (χ3v) is 3.32. The molecule has 2 aromatic rings. The van der Waals surface area contributed by atoms with Gasteiger partial charge in [0.2, 0.25) is 0 Å². The summed E-state index contributed by atoms with van der Waals surface area (Å²) in [5, 5.41) is 9.21. The van der Waals surface area contributed by atoms with Crippen LogP contribution in [0.25, 0.3) is 0 Å². The summed E-state index contributed by atoms with van der Waals surface area (Å²) in [6, 6.07) is 11.9. The number of aromatic nitrogens is 1. The summed E-state index contributed by atoms with van der Waals surface area (Å²) < 4.78 is 13.3. The Morgan fingerprint density at radius 3 is 2.43 bits per heavy atom. The summed E-state index contributed by atoms with van der Waals surface area (Å²) in [5.41, 5.74) is 2.78. The van der Waals surface area contributed by atoms with E-state index >= 15 is 0 Å². The van der Waals surface area contributed by atoms with E-state index in [9.17, 15) is 5.26 Å². The second kappa shape index (κ2) is 6.85. The average Bonchev–Trinajstić information content (AvgIpc) is 2.75. The number of benzene rings is 1. The predicted octanol–water partition coefficient (Wildman–Crippen LogP) is 3.45. The van der Waals surface area contributed by atoms with Gasteiger partial charge in [-0.25, -0.2) is 0 Å². The van der Waals surface area contributed by atoms with E-state index in [4.69, 9.17) is 9.47 Å². The Labute approximate surface area is 125 Å². The first kappa shape index (κ1) is 15.0. The lowest BCUT2D eigenvalue weighted by Crippen LogP contribution is -2.11. The summed E-state index contributed by atoms with van der Waals surface area (Å²) in [5.74, 6) is 1.49. The van der Waals surface area contributed by atoms with Crippen LogP contribution >= 0.6 is 0 Å². The molecular formula is C17H20N2O2. The number of hydrogen-bond donors (Lipinski definition) is 0. The zero-order chi connectivity index (χ0) is 15.2. The molecule has 4 heteroatoms. The van der Waals surface area contributed by atoms with Gasteiger partial charge in [0.1, 0.15) is 18.4 Å². The molecule has 0 aliphatic rings. The van der Waals surface area contributed by atoms with Gasteiger partial charge >= 0.3 is 0 Å². The third-order valence-electron chi connectivity index (χ3n) is 3.32. The van der Waals surface area contributed by atoms with E-state index in [1.54, 1.807) is 0 Å². The molecule has 2 rings (SSSR count). The number of nitrogens with zero attached hydrogens (tertiary/aromatic N) is 2. The molecule has 0 N–H and O–H groups in total. The summed E-state index contributed by atoms with van der Waals surface area (Å²) >= 11 is 0. The van der Waals surface area contributed by atoms with Crippen LogP contribution in [0.15, 0.2) is 30.3 Å². The van der Waals surface area contributed by atoms with Gasteiger partial charge in [-0.15, -0.1) is 0 Å². The summed E-state index contributed by atoms with van der Waals surface area (Å²) in [4.78, 5) is 0. The van der Waals surface area contributed by atoms with Crippen molar-refractivity contribution < 1.29 is 9.47 Å². The Morgan fingerprint density at radius 2 is 1.81 bits per heavy atom. The van der Waals surface area contributed by atoms with Crippen molar-refractivity contribution in [3.63, 3.8) is 0 Å². The minimum Gasteiger partial charge on any atom is -0.490 e. The van der Waals surface area contributed by atoms with E-state index in [1.165, 1.54) is 0 Å². The highest BCUT2D eigenvalue weighted by molar-refractivity contribution is 5.39. The number of para-hydroxylation sites is 2. The Balaban J connectivity index is 2.04. The van der Waals surface area contributed by atoms with Gasteiger partial charge in [-0.05, 0) is 44.5 Å².